The van der Waals surface area contributed by atoms with Crippen LogP contribution in [0.3, 0.4) is 0 Å². The van der Waals surface area contributed by atoms with Gasteiger partial charge in [0.05, 0.1) is 22.7 Å². The number of carbonyl (C=O) groups excluding carboxylic acids is 1. The van der Waals surface area contributed by atoms with Crippen molar-refractivity contribution in [2.75, 3.05) is 10.7 Å². The molecular formula is C19H15N5O2S2. The molecular weight excluding hydrogens is 394 g/mol. The molecule has 9 heteroatoms. The number of aryl methyl sites for hydroxylation is 1. The van der Waals surface area contributed by atoms with Crippen LogP contribution in [-0.4, -0.2) is 31.8 Å². The number of anilines is 2. The van der Waals surface area contributed by atoms with Gasteiger partial charge in [0, 0.05) is 17.8 Å². The second-order valence-corrected chi connectivity index (χ2v) is 7.50. The topological polar surface area (TPSA) is 85.0 Å². The number of hydrogen-bond donors (Lipinski definition) is 0. The smallest absolute Gasteiger partial charge is 0.277 e. The van der Waals surface area contributed by atoms with Crippen molar-refractivity contribution in [3.8, 4) is 11.5 Å². The highest BCUT2D eigenvalue weighted by Crippen LogP contribution is 2.30. The SMILES string of the molecule is Cc1csc(N(C(=O)CSc2nnc(-c3cccnc3)o2)c2ccccc2)n1. The molecule has 3 aromatic heterocycles. The Morgan fingerprint density at radius 2 is 2.04 bits per heavy atom. The lowest BCUT2D eigenvalue weighted by atomic mass is 10.3. The average molecular weight is 409 g/mol. The van der Waals surface area contributed by atoms with Crippen LogP contribution in [0.5, 0.6) is 0 Å². The maximum absolute atomic E-state index is 13.0. The molecule has 3 heterocycles. The lowest BCUT2D eigenvalue weighted by molar-refractivity contribution is -0.115. The van der Waals surface area contributed by atoms with E-state index in [4.69, 9.17) is 4.42 Å². The number of nitrogens with zero attached hydrogens (tertiary/aromatic N) is 5. The van der Waals surface area contributed by atoms with E-state index in [0.29, 0.717) is 16.2 Å². The number of amides is 1. The van der Waals surface area contributed by atoms with Gasteiger partial charge in [0.2, 0.25) is 11.8 Å². The van der Waals surface area contributed by atoms with Gasteiger partial charge in [0.25, 0.3) is 5.22 Å². The predicted octanol–water partition coefficient (Wildman–Crippen LogP) is 4.35. The predicted molar refractivity (Wildman–Crippen MR) is 109 cm³/mol. The van der Waals surface area contributed by atoms with Crippen molar-refractivity contribution in [2.45, 2.75) is 12.1 Å². The minimum atomic E-state index is -0.119. The number of rotatable bonds is 6. The van der Waals surface area contributed by atoms with E-state index >= 15 is 0 Å². The lowest BCUT2D eigenvalue weighted by Crippen LogP contribution is -2.27. The Labute approximate surface area is 169 Å². The molecule has 0 atom stereocenters. The van der Waals surface area contributed by atoms with Gasteiger partial charge >= 0.3 is 0 Å². The maximum atomic E-state index is 13.0. The van der Waals surface area contributed by atoms with E-state index in [0.717, 1.165) is 16.9 Å². The zero-order valence-electron chi connectivity index (χ0n) is 14.8. The zero-order chi connectivity index (χ0) is 19.3. The van der Waals surface area contributed by atoms with Crippen molar-refractivity contribution in [3.05, 3.63) is 65.9 Å². The van der Waals surface area contributed by atoms with Gasteiger partial charge < -0.3 is 4.42 Å². The molecule has 0 N–H and O–H groups in total. The zero-order valence-corrected chi connectivity index (χ0v) is 16.5. The molecule has 0 saturated carbocycles. The standard InChI is InChI=1S/C19H15N5O2S2/c1-13-11-27-18(21-13)24(15-7-3-2-4-8-15)16(25)12-28-19-23-22-17(26-19)14-6-5-9-20-10-14/h2-11H,12H2,1H3. The highest BCUT2D eigenvalue weighted by atomic mass is 32.2. The summed E-state index contributed by atoms with van der Waals surface area (Å²) >= 11 is 2.62. The quantitative estimate of drug-likeness (QED) is 0.438. The fraction of sp³-hybridized carbons (Fsp3) is 0.105. The van der Waals surface area contributed by atoms with Crippen LogP contribution in [0.2, 0.25) is 0 Å². The lowest BCUT2D eigenvalue weighted by Gasteiger charge is -2.19. The summed E-state index contributed by atoms with van der Waals surface area (Å²) in [5.41, 5.74) is 2.38. The van der Waals surface area contributed by atoms with Crippen LogP contribution in [0.4, 0.5) is 10.8 Å². The number of carbonyl (C=O) groups is 1. The van der Waals surface area contributed by atoms with E-state index in [1.165, 1.54) is 23.1 Å². The van der Waals surface area contributed by atoms with Crippen molar-refractivity contribution in [2.24, 2.45) is 0 Å². The Bertz CT molecular complexity index is 1070. The molecule has 0 saturated heterocycles. The largest absolute Gasteiger partial charge is 0.411 e. The Balaban J connectivity index is 1.50. The molecule has 0 spiro atoms. The Kier molecular flexibility index (Phi) is 5.45. The normalized spacial score (nSPS) is 10.8. The molecule has 0 aliphatic rings. The van der Waals surface area contributed by atoms with Gasteiger partial charge in [-0.3, -0.25) is 14.7 Å². The summed E-state index contributed by atoms with van der Waals surface area (Å²) in [6.07, 6.45) is 3.32. The van der Waals surface area contributed by atoms with Crippen LogP contribution < -0.4 is 4.90 Å². The molecule has 0 bridgehead atoms. The van der Waals surface area contributed by atoms with E-state index in [9.17, 15) is 4.79 Å². The molecule has 4 aromatic rings. The molecule has 0 aliphatic heterocycles. The summed E-state index contributed by atoms with van der Waals surface area (Å²) in [7, 11) is 0. The second-order valence-electron chi connectivity index (χ2n) is 5.74. The summed E-state index contributed by atoms with van der Waals surface area (Å²) in [5, 5.41) is 10.9. The van der Waals surface area contributed by atoms with E-state index < -0.39 is 0 Å². The Morgan fingerprint density at radius 1 is 1.18 bits per heavy atom. The minimum Gasteiger partial charge on any atom is -0.411 e. The first-order chi connectivity index (χ1) is 13.7. The van der Waals surface area contributed by atoms with Crippen molar-refractivity contribution in [1.29, 1.82) is 0 Å². The van der Waals surface area contributed by atoms with Crippen LogP contribution in [0, 0.1) is 6.92 Å². The molecule has 7 nitrogen and oxygen atoms in total. The van der Waals surface area contributed by atoms with E-state index in [-0.39, 0.29) is 11.7 Å². The molecule has 0 unspecified atom stereocenters. The van der Waals surface area contributed by atoms with Gasteiger partial charge in [-0.05, 0) is 31.2 Å². The monoisotopic (exact) mass is 409 g/mol. The number of thioether (sulfide) groups is 1. The third-order valence-electron chi connectivity index (χ3n) is 3.70. The molecule has 1 amide bonds. The first-order valence-electron chi connectivity index (χ1n) is 8.37. The van der Waals surface area contributed by atoms with E-state index in [1.54, 1.807) is 23.4 Å². The van der Waals surface area contributed by atoms with E-state index in [2.05, 4.69) is 20.2 Å². The van der Waals surface area contributed by atoms with Crippen molar-refractivity contribution < 1.29 is 9.21 Å². The first kappa shape index (κ1) is 18.3. The van der Waals surface area contributed by atoms with Gasteiger partial charge in [0.1, 0.15) is 0 Å². The van der Waals surface area contributed by atoms with Crippen LogP contribution in [0.25, 0.3) is 11.5 Å². The molecule has 1 aromatic carbocycles. The number of aromatic nitrogens is 4. The molecule has 28 heavy (non-hydrogen) atoms. The Hall–Kier alpha value is -3.04. The van der Waals surface area contributed by atoms with Crippen LogP contribution in [0.1, 0.15) is 5.69 Å². The van der Waals surface area contributed by atoms with Crippen molar-refractivity contribution >= 4 is 39.8 Å². The molecule has 0 fully saturated rings. The molecule has 0 radical (unpaired) electrons. The van der Waals surface area contributed by atoms with Crippen molar-refractivity contribution in [1.82, 2.24) is 20.2 Å². The third-order valence-corrected chi connectivity index (χ3v) is 5.44. The van der Waals surface area contributed by atoms with Crippen molar-refractivity contribution in [3.63, 3.8) is 0 Å². The highest BCUT2D eigenvalue weighted by molar-refractivity contribution is 7.99. The fourth-order valence-corrected chi connectivity index (χ4v) is 3.89. The summed E-state index contributed by atoms with van der Waals surface area (Å²) in [6, 6.07) is 13.1. The van der Waals surface area contributed by atoms with Gasteiger partial charge in [-0.25, -0.2) is 4.98 Å². The fourth-order valence-electron chi connectivity index (χ4n) is 2.44. The maximum Gasteiger partial charge on any atom is 0.277 e. The molecule has 140 valence electrons. The number of thiazole rings is 1. The number of para-hydroxylation sites is 1. The highest BCUT2D eigenvalue weighted by Gasteiger charge is 2.22. The molecule has 0 aliphatic carbocycles. The summed E-state index contributed by atoms with van der Waals surface area (Å²) < 4.78 is 5.63. The summed E-state index contributed by atoms with van der Waals surface area (Å²) in [6.45, 7) is 1.90. The second kappa shape index (κ2) is 8.32. The van der Waals surface area contributed by atoms with Gasteiger partial charge in [0.15, 0.2) is 5.13 Å². The molecule has 4 rings (SSSR count). The van der Waals surface area contributed by atoms with Gasteiger partial charge in [-0.1, -0.05) is 30.0 Å². The van der Waals surface area contributed by atoms with Gasteiger partial charge in [-0.15, -0.1) is 21.5 Å². The van der Waals surface area contributed by atoms with E-state index in [1.807, 2.05) is 48.7 Å². The van der Waals surface area contributed by atoms with Crippen LogP contribution >= 0.6 is 23.1 Å². The summed E-state index contributed by atoms with van der Waals surface area (Å²) in [4.78, 5) is 23.1. The van der Waals surface area contributed by atoms with Crippen LogP contribution in [0.15, 0.2) is 69.9 Å². The first-order valence-corrected chi connectivity index (χ1v) is 10.2. The summed E-state index contributed by atoms with van der Waals surface area (Å²) in [5.74, 6) is 0.396. The number of benzene rings is 1. The number of hydrogen-bond acceptors (Lipinski definition) is 8. The Morgan fingerprint density at radius 3 is 2.75 bits per heavy atom. The minimum absolute atomic E-state index is 0.119. The average Bonchev–Trinajstić information content (AvgIpc) is 3.37. The number of pyridine rings is 1. The third kappa shape index (κ3) is 4.10. The van der Waals surface area contributed by atoms with Gasteiger partial charge in [-0.2, -0.15) is 0 Å². The van der Waals surface area contributed by atoms with Crippen LogP contribution in [-0.2, 0) is 4.79 Å².